The number of carbonyl (C=O) groups excluding carboxylic acids is 1. The van der Waals surface area contributed by atoms with Crippen molar-refractivity contribution in [2.24, 2.45) is 0 Å². The lowest BCUT2D eigenvalue weighted by Gasteiger charge is -2.23. The van der Waals surface area contributed by atoms with Gasteiger partial charge in [-0.15, -0.1) is 11.3 Å². The lowest BCUT2D eigenvalue weighted by atomic mass is 9.84. The highest BCUT2D eigenvalue weighted by atomic mass is 35.5. The maximum Gasteiger partial charge on any atom is 0.259 e. The van der Waals surface area contributed by atoms with Gasteiger partial charge in [-0.3, -0.25) is 15.1 Å². The number of benzene rings is 1. The largest absolute Gasteiger partial charge is 0.496 e. The van der Waals surface area contributed by atoms with Crippen LogP contribution in [-0.4, -0.2) is 35.1 Å². The molecule has 3 aromatic heterocycles. The van der Waals surface area contributed by atoms with E-state index in [0.29, 0.717) is 38.3 Å². The highest BCUT2D eigenvalue weighted by Gasteiger charge is 2.27. The Bertz CT molecular complexity index is 1580. The molecule has 3 heterocycles. The van der Waals surface area contributed by atoms with E-state index in [-0.39, 0.29) is 11.8 Å². The van der Waals surface area contributed by atoms with E-state index < -0.39 is 0 Å². The predicted octanol–water partition coefficient (Wildman–Crippen LogP) is 5.98. The number of pyridine rings is 2. The van der Waals surface area contributed by atoms with Crippen LogP contribution in [-0.2, 0) is 12.8 Å². The van der Waals surface area contributed by atoms with Crippen molar-refractivity contribution in [3.63, 3.8) is 0 Å². The molecular formula is C28H24ClN5O3S. The molecule has 0 fully saturated rings. The van der Waals surface area contributed by atoms with Crippen LogP contribution in [0.5, 0.6) is 11.5 Å². The summed E-state index contributed by atoms with van der Waals surface area (Å²) in [4.78, 5) is 27.7. The Morgan fingerprint density at radius 2 is 1.95 bits per heavy atom. The van der Waals surface area contributed by atoms with Crippen LogP contribution in [0.1, 0.15) is 50.1 Å². The number of amides is 1. The second-order valence-corrected chi connectivity index (χ2v) is 10.4. The molecule has 1 N–H and O–H groups in total. The van der Waals surface area contributed by atoms with Gasteiger partial charge in [0.05, 0.1) is 43.3 Å². The van der Waals surface area contributed by atoms with E-state index in [4.69, 9.17) is 26.1 Å². The zero-order chi connectivity index (χ0) is 26.8. The molecule has 8 nitrogen and oxygen atoms in total. The molecule has 0 bridgehead atoms. The standard InChI is InChI=1S/C28H24ClN5O3S/c1-15-8-19(20-11-26(29)32-14-24(20)37-3)21(13-31-15)27(35)34-28-33-22-7-5-17(10-25(22)38-28)18-6-4-16(12-30)9-23(18)36-2/h4,6,8-9,11,13-14,17H,5,7,10H2,1-3H3,(H,33,34,35). The summed E-state index contributed by atoms with van der Waals surface area (Å²) in [6, 6.07) is 11.2. The van der Waals surface area contributed by atoms with Gasteiger partial charge in [0.15, 0.2) is 5.13 Å². The molecule has 1 atom stereocenters. The molecule has 0 saturated heterocycles. The molecule has 1 amide bonds. The fourth-order valence-electron chi connectivity index (χ4n) is 4.73. The number of hydrogen-bond acceptors (Lipinski definition) is 8. The van der Waals surface area contributed by atoms with Gasteiger partial charge in [-0.05, 0) is 61.9 Å². The molecule has 38 heavy (non-hydrogen) atoms. The number of methoxy groups -OCH3 is 2. The topological polar surface area (TPSA) is 110 Å². The van der Waals surface area contributed by atoms with Crippen molar-refractivity contribution >= 4 is 34.0 Å². The van der Waals surface area contributed by atoms with Gasteiger partial charge in [-0.25, -0.2) is 9.97 Å². The third kappa shape index (κ3) is 5.05. The van der Waals surface area contributed by atoms with Gasteiger partial charge in [0, 0.05) is 27.9 Å². The number of nitriles is 1. The number of carbonyl (C=O) groups is 1. The first-order chi connectivity index (χ1) is 18.4. The fraction of sp³-hybridized carbons (Fsp3) is 0.250. The van der Waals surface area contributed by atoms with E-state index in [0.717, 1.165) is 46.8 Å². The van der Waals surface area contributed by atoms with E-state index in [9.17, 15) is 10.1 Å². The van der Waals surface area contributed by atoms with Crippen LogP contribution in [0.15, 0.2) is 42.7 Å². The molecule has 4 aromatic rings. The Balaban J connectivity index is 1.40. The monoisotopic (exact) mass is 545 g/mol. The minimum absolute atomic E-state index is 0.242. The number of ether oxygens (including phenoxy) is 2. The molecule has 1 unspecified atom stereocenters. The molecule has 0 spiro atoms. The number of aryl methyl sites for hydroxylation is 2. The first kappa shape index (κ1) is 25.6. The van der Waals surface area contributed by atoms with Crippen LogP contribution in [0, 0.1) is 18.3 Å². The SMILES string of the molecule is COc1cnc(Cl)cc1-c1cc(C)ncc1C(=O)Nc1nc2c(s1)CC(c1ccc(C#N)cc1OC)CC2. The van der Waals surface area contributed by atoms with Gasteiger partial charge < -0.3 is 9.47 Å². The number of nitrogens with zero attached hydrogens (tertiary/aromatic N) is 4. The third-order valence-electron chi connectivity index (χ3n) is 6.59. The van der Waals surface area contributed by atoms with Gasteiger partial charge in [0.25, 0.3) is 5.91 Å². The van der Waals surface area contributed by atoms with Crippen LogP contribution < -0.4 is 14.8 Å². The number of aromatic nitrogens is 3. The fourth-order valence-corrected chi connectivity index (χ4v) is 5.97. The first-order valence-electron chi connectivity index (χ1n) is 11.9. The average molecular weight is 546 g/mol. The number of nitrogens with one attached hydrogen (secondary N) is 1. The number of fused-ring (bicyclic) bond motifs is 1. The highest BCUT2D eigenvalue weighted by molar-refractivity contribution is 7.15. The maximum absolute atomic E-state index is 13.4. The third-order valence-corrected chi connectivity index (χ3v) is 7.83. The van der Waals surface area contributed by atoms with E-state index in [1.807, 2.05) is 25.1 Å². The summed E-state index contributed by atoms with van der Waals surface area (Å²) in [6.45, 7) is 1.86. The van der Waals surface area contributed by atoms with Crippen molar-refractivity contribution in [1.82, 2.24) is 15.0 Å². The lowest BCUT2D eigenvalue weighted by Crippen LogP contribution is -2.14. The molecule has 0 radical (unpaired) electrons. The number of halogens is 1. The number of thiazole rings is 1. The van der Waals surface area contributed by atoms with E-state index in [1.165, 1.54) is 17.5 Å². The quantitative estimate of drug-likeness (QED) is 0.297. The van der Waals surface area contributed by atoms with Crippen molar-refractivity contribution in [2.45, 2.75) is 32.1 Å². The Hall–Kier alpha value is -4.00. The number of hydrogen-bond donors (Lipinski definition) is 1. The van der Waals surface area contributed by atoms with Gasteiger partial charge in [0.2, 0.25) is 0 Å². The summed E-state index contributed by atoms with van der Waals surface area (Å²) in [5.74, 6) is 1.15. The Morgan fingerprint density at radius 3 is 2.71 bits per heavy atom. The molecule has 5 rings (SSSR count). The van der Waals surface area contributed by atoms with Crippen molar-refractivity contribution in [3.8, 4) is 28.7 Å². The zero-order valence-corrected chi connectivity index (χ0v) is 22.6. The van der Waals surface area contributed by atoms with Gasteiger partial charge in [-0.2, -0.15) is 5.26 Å². The maximum atomic E-state index is 13.4. The van der Waals surface area contributed by atoms with Crippen LogP contribution in [0.3, 0.4) is 0 Å². The number of anilines is 1. The molecule has 192 valence electrons. The molecule has 1 aliphatic rings. The van der Waals surface area contributed by atoms with Crippen molar-refractivity contribution in [3.05, 3.63) is 80.8 Å². The first-order valence-corrected chi connectivity index (χ1v) is 13.1. The summed E-state index contributed by atoms with van der Waals surface area (Å²) in [7, 11) is 3.17. The van der Waals surface area contributed by atoms with E-state index in [1.54, 1.807) is 32.5 Å². The Kier molecular flexibility index (Phi) is 7.27. The van der Waals surface area contributed by atoms with E-state index >= 15 is 0 Å². The van der Waals surface area contributed by atoms with Gasteiger partial charge in [-0.1, -0.05) is 17.7 Å². The molecule has 0 saturated carbocycles. The van der Waals surface area contributed by atoms with Gasteiger partial charge >= 0.3 is 0 Å². The van der Waals surface area contributed by atoms with E-state index in [2.05, 4.69) is 21.4 Å². The summed E-state index contributed by atoms with van der Waals surface area (Å²) < 4.78 is 11.0. The molecular weight excluding hydrogens is 522 g/mol. The number of rotatable bonds is 6. The molecule has 1 aromatic carbocycles. The minimum Gasteiger partial charge on any atom is -0.496 e. The predicted molar refractivity (Wildman–Crippen MR) is 146 cm³/mol. The van der Waals surface area contributed by atoms with Crippen LogP contribution in [0.25, 0.3) is 11.1 Å². The van der Waals surface area contributed by atoms with Crippen LogP contribution >= 0.6 is 22.9 Å². The molecule has 1 aliphatic carbocycles. The van der Waals surface area contributed by atoms with Crippen molar-refractivity contribution in [1.29, 1.82) is 5.26 Å². The van der Waals surface area contributed by atoms with Crippen molar-refractivity contribution < 1.29 is 14.3 Å². The molecule has 0 aliphatic heterocycles. The average Bonchev–Trinajstić information content (AvgIpc) is 3.33. The Morgan fingerprint density at radius 1 is 1.13 bits per heavy atom. The lowest BCUT2D eigenvalue weighted by molar-refractivity contribution is 0.102. The highest BCUT2D eigenvalue weighted by Crippen LogP contribution is 2.40. The smallest absolute Gasteiger partial charge is 0.259 e. The Labute approximate surface area is 229 Å². The minimum atomic E-state index is -0.320. The second kappa shape index (κ2) is 10.8. The molecule has 10 heteroatoms. The van der Waals surface area contributed by atoms with Crippen LogP contribution in [0.4, 0.5) is 5.13 Å². The zero-order valence-electron chi connectivity index (χ0n) is 21.0. The van der Waals surface area contributed by atoms with Crippen LogP contribution in [0.2, 0.25) is 5.15 Å². The normalized spacial score (nSPS) is 14.3. The van der Waals surface area contributed by atoms with Gasteiger partial charge in [0.1, 0.15) is 16.7 Å². The summed E-state index contributed by atoms with van der Waals surface area (Å²) in [5.41, 5.74) is 5.08. The summed E-state index contributed by atoms with van der Waals surface area (Å²) >= 11 is 7.64. The summed E-state index contributed by atoms with van der Waals surface area (Å²) in [5, 5.41) is 13.0. The summed E-state index contributed by atoms with van der Waals surface area (Å²) in [6.07, 6.45) is 5.56. The second-order valence-electron chi connectivity index (χ2n) is 8.93. The van der Waals surface area contributed by atoms with Crippen molar-refractivity contribution in [2.75, 3.05) is 19.5 Å².